The maximum atomic E-state index is 10.1. The van der Waals surface area contributed by atoms with E-state index in [9.17, 15) is 5.11 Å². The van der Waals surface area contributed by atoms with Gasteiger partial charge in [-0.25, -0.2) is 15.8 Å². The van der Waals surface area contributed by atoms with Crippen LogP contribution in [0.3, 0.4) is 0 Å². The molecule has 0 saturated carbocycles. The number of anilines is 2. The zero-order chi connectivity index (χ0) is 13.8. The minimum Gasteiger partial charge on any atom is -0.388 e. The van der Waals surface area contributed by atoms with E-state index in [2.05, 4.69) is 20.7 Å². The summed E-state index contributed by atoms with van der Waals surface area (Å²) in [5.74, 6) is 7.33. The van der Waals surface area contributed by atoms with Gasteiger partial charge in [-0.1, -0.05) is 13.3 Å². The van der Waals surface area contributed by atoms with Crippen molar-refractivity contribution in [1.82, 2.24) is 9.97 Å². The molecule has 102 valence electrons. The number of nitrogens with two attached hydrogens (primary N) is 1. The molecule has 1 aromatic rings. The molecular formula is C12H23N5O. The predicted octanol–water partition coefficient (Wildman–Crippen LogP) is 1.34. The molecule has 1 unspecified atom stereocenters. The summed E-state index contributed by atoms with van der Waals surface area (Å²) in [5, 5.41) is 13.3. The number of nitrogens with one attached hydrogen (secondary N) is 2. The molecule has 0 amide bonds. The van der Waals surface area contributed by atoms with Crippen LogP contribution >= 0.6 is 0 Å². The van der Waals surface area contributed by atoms with Crippen molar-refractivity contribution in [3.05, 3.63) is 11.4 Å². The maximum Gasteiger partial charge on any atom is 0.148 e. The fourth-order valence-electron chi connectivity index (χ4n) is 1.84. The first-order valence-corrected chi connectivity index (χ1v) is 6.17. The third kappa shape index (κ3) is 3.82. The largest absolute Gasteiger partial charge is 0.388 e. The van der Waals surface area contributed by atoms with Crippen LogP contribution in [0.2, 0.25) is 0 Å². The summed E-state index contributed by atoms with van der Waals surface area (Å²) < 4.78 is 0. The Labute approximate surface area is 108 Å². The molecule has 0 radical (unpaired) electrons. The lowest BCUT2D eigenvalue weighted by atomic mass is 10.0. The number of aryl methyl sites for hydroxylation is 1. The van der Waals surface area contributed by atoms with Gasteiger partial charge in [0.05, 0.1) is 5.60 Å². The summed E-state index contributed by atoms with van der Waals surface area (Å²) >= 11 is 0. The Kier molecular flexibility index (Phi) is 4.86. The van der Waals surface area contributed by atoms with Gasteiger partial charge < -0.3 is 15.8 Å². The van der Waals surface area contributed by atoms with Crippen molar-refractivity contribution in [2.24, 2.45) is 5.84 Å². The summed E-state index contributed by atoms with van der Waals surface area (Å²) in [6, 6.07) is 0. The molecule has 5 N–H and O–H groups in total. The third-order valence-electron chi connectivity index (χ3n) is 2.82. The number of nitrogen functional groups attached to an aromatic ring is 1. The molecule has 1 heterocycles. The van der Waals surface area contributed by atoms with Crippen LogP contribution in [-0.4, -0.2) is 27.2 Å². The van der Waals surface area contributed by atoms with Gasteiger partial charge in [-0.2, -0.15) is 0 Å². The molecule has 6 heteroatoms. The van der Waals surface area contributed by atoms with Gasteiger partial charge >= 0.3 is 0 Å². The van der Waals surface area contributed by atoms with E-state index in [4.69, 9.17) is 5.84 Å². The second kappa shape index (κ2) is 5.97. The number of aromatic nitrogens is 2. The topological polar surface area (TPSA) is 96.1 Å². The number of hydrogen-bond acceptors (Lipinski definition) is 6. The van der Waals surface area contributed by atoms with Gasteiger partial charge in [-0.05, 0) is 27.2 Å². The lowest BCUT2D eigenvalue weighted by Gasteiger charge is -2.24. The third-order valence-corrected chi connectivity index (χ3v) is 2.82. The van der Waals surface area contributed by atoms with Crippen LogP contribution in [0.4, 0.5) is 11.6 Å². The monoisotopic (exact) mass is 253 g/mol. The average Bonchev–Trinajstić information content (AvgIpc) is 2.29. The Hall–Kier alpha value is -1.40. The number of hydrazine groups is 1. The summed E-state index contributed by atoms with van der Waals surface area (Å²) in [6.07, 6.45) is 1.68. The van der Waals surface area contributed by atoms with Crippen LogP contribution in [0, 0.1) is 13.8 Å². The van der Waals surface area contributed by atoms with Gasteiger partial charge in [-0.15, -0.1) is 0 Å². The Bertz CT molecular complexity index is 406. The van der Waals surface area contributed by atoms with E-state index in [0.29, 0.717) is 24.0 Å². The van der Waals surface area contributed by atoms with Crippen molar-refractivity contribution in [2.75, 3.05) is 17.3 Å². The number of nitrogens with zero attached hydrogens (tertiary/aromatic N) is 2. The summed E-state index contributed by atoms with van der Waals surface area (Å²) in [4.78, 5) is 8.50. The highest BCUT2D eigenvalue weighted by atomic mass is 16.3. The quantitative estimate of drug-likeness (QED) is 0.451. The molecular weight excluding hydrogens is 230 g/mol. The SMILES string of the molecule is CCCC(C)(O)CNc1nc(C)nc(NN)c1C. The summed E-state index contributed by atoms with van der Waals surface area (Å²) in [6.45, 7) is 7.99. The molecule has 0 aliphatic heterocycles. The van der Waals surface area contributed by atoms with Crippen LogP contribution in [0.1, 0.15) is 38.1 Å². The van der Waals surface area contributed by atoms with Crippen molar-refractivity contribution in [1.29, 1.82) is 0 Å². The molecule has 18 heavy (non-hydrogen) atoms. The molecule has 0 aliphatic carbocycles. The van der Waals surface area contributed by atoms with Crippen LogP contribution < -0.4 is 16.6 Å². The maximum absolute atomic E-state index is 10.1. The zero-order valence-corrected chi connectivity index (χ0v) is 11.5. The highest BCUT2D eigenvalue weighted by Gasteiger charge is 2.19. The first-order valence-electron chi connectivity index (χ1n) is 6.17. The number of hydrogen-bond donors (Lipinski definition) is 4. The van der Waals surface area contributed by atoms with Gasteiger partial charge in [0.2, 0.25) is 0 Å². The van der Waals surface area contributed by atoms with E-state index >= 15 is 0 Å². The lowest BCUT2D eigenvalue weighted by Crippen LogP contribution is -2.33. The number of aliphatic hydroxyl groups is 1. The van der Waals surface area contributed by atoms with E-state index in [1.165, 1.54) is 0 Å². The second-order valence-corrected chi connectivity index (χ2v) is 4.84. The molecule has 1 rings (SSSR count). The molecule has 1 aromatic heterocycles. The molecule has 0 aromatic carbocycles. The molecule has 0 bridgehead atoms. The van der Waals surface area contributed by atoms with Crippen molar-refractivity contribution < 1.29 is 5.11 Å². The van der Waals surface area contributed by atoms with E-state index in [0.717, 1.165) is 18.4 Å². The van der Waals surface area contributed by atoms with Crippen molar-refractivity contribution >= 4 is 11.6 Å². The molecule has 6 nitrogen and oxygen atoms in total. The van der Waals surface area contributed by atoms with Crippen molar-refractivity contribution in [3.63, 3.8) is 0 Å². The lowest BCUT2D eigenvalue weighted by molar-refractivity contribution is 0.0636. The highest BCUT2D eigenvalue weighted by Crippen LogP contribution is 2.20. The van der Waals surface area contributed by atoms with E-state index in [-0.39, 0.29) is 0 Å². The average molecular weight is 253 g/mol. The molecule has 1 atom stereocenters. The molecule has 0 spiro atoms. The van der Waals surface area contributed by atoms with Gasteiger partial charge in [0.15, 0.2) is 0 Å². The second-order valence-electron chi connectivity index (χ2n) is 4.84. The van der Waals surface area contributed by atoms with Gasteiger partial charge in [0.1, 0.15) is 17.5 Å². The smallest absolute Gasteiger partial charge is 0.148 e. The minimum atomic E-state index is -0.740. The van der Waals surface area contributed by atoms with Gasteiger partial charge in [0.25, 0.3) is 0 Å². The Morgan fingerprint density at radius 2 is 1.89 bits per heavy atom. The molecule has 0 fully saturated rings. The first-order chi connectivity index (χ1) is 8.39. The van der Waals surface area contributed by atoms with Gasteiger partial charge in [-0.3, -0.25) is 0 Å². The van der Waals surface area contributed by atoms with Crippen LogP contribution in [0.5, 0.6) is 0 Å². The van der Waals surface area contributed by atoms with Crippen molar-refractivity contribution in [2.45, 2.75) is 46.1 Å². The predicted molar refractivity (Wildman–Crippen MR) is 73.3 cm³/mol. The van der Waals surface area contributed by atoms with E-state index < -0.39 is 5.60 Å². The first kappa shape index (κ1) is 14.7. The standard InChI is InChI=1S/C12H23N5O/c1-5-6-12(4,18)7-14-10-8(2)11(17-13)16-9(3)15-10/h18H,5-7,13H2,1-4H3,(H2,14,15,16,17). The minimum absolute atomic E-state index is 0.447. The summed E-state index contributed by atoms with van der Waals surface area (Å²) in [5.41, 5.74) is 2.65. The highest BCUT2D eigenvalue weighted by molar-refractivity contribution is 5.56. The fourth-order valence-corrected chi connectivity index (χ4v) is 1.84. The van der Waals surface area contributed by atoms with Crippen LogP contribution in [0.25, 0.3) is 0 Å². The Morgan fingerprint density at radius 1 is 1.28 bits per heavy atom. The number of rotatable bonds is 6. The van der Waals surface area contributed by atoms with Gasteiger partial charge in [0, 0.05) is 12.1 Å². The Morgan fingerprint density at radius 3 is 2.44 bits per heavy atom. The Balaban J connectivity index is 2.82. The van der Waals surface area contributed by atoms with Crippen LogP contribution in [-0.2, 0) is 0 Å². The zero-order valence-electron chi connectivity index (χ0n) is 11.5. The molecule has 0 aliphatic rings. The molecule has 0 saturated heterocycles. The fraction of sp³-hybridized carbons (Fsp3) is 0.667. The van der Waals surface area contributed by atoms with E-state index in [1.807, 2.05) is 20.8 Å². The van der Waals surface area contributed by atoms with Crippen molar-refractivity contribution in [3.8, 4) is 0 Å². The summed E-state index contributed by atoms with van der Waals surface area (Å²) in [7, 11) is 0. The van der Waals surface area contributed by atoms with Crippen LogP contribution in [0.15, 0.2) is 0 Å². The van der Waals surface area contributed by atoms with E-state index in [1.54, 1.807) is 6.92 Å². The normalized spacial score (nSPS) is 14.1.